The number of rotatable bonds is 2. The van der Waals surface area contributed by atoms with Crippen molar-refractivity contribution in [3.05, 3.63) is 0 Å². The van der Waals surface area contributed by atoms with Crippen molar-refractivity contribution in [2.45, 2.75) is 38.4 Å². The van der Waals surface area contributed by atoms with Crippen LogP contribution in [0.15, 0.2) is 0 Å². The molecule has 0 aliphatic carbocycles. The Morgan fingerprint density at radius 2 is 2.40 bits per heavy atom. The smallest absolute Gasteiger partial charge is 0.236 e. The van der Waals surface area contributed by atoms with Gasteiger partial charge in [0.2, 0.25) is 5.91 Å². The zero-order chi connectivity index (χ0) is 10.7. The molecule has 2 rings (SSSR count). The number of nitrogens with one attached hydrogen (secondary N) is 1. The average molecular weight is 212 g/mol. The van der Waals surface area contributed by atoms with Crippen LogP contribution in [0.1, 0.15) is 26.2 Å². The van der Waals surface area contributed by atoms with Gasteiger partial charge < -0.3 is 15.0 Å². The minimum absolute atomic E-state index is 0.218. The van der Waals surface area contributed by atoms with E-state index in [1.165, 1.54) is 0 Å². The van der Waals surface area contributed by atoms with Crippen molar-refractivity contribution in [1.82, 2.24) is 10.2 Å². The first-order valence-corrected chi connectivity index (χ1v) is 5.89. The third-order valence-corrected chi connectivity index (χ3v) is 3.15. The fourth-order valence-electron chi connectivity index (χ4n) is 2.29. The summed E-state index contributed by atoms with van der Waals surface area (Å²) in [5, 5.41) is 3.13. The molecule has 0 spiro atoms. The van der Waals surface area contributed by atoms with Crippen LogP contribution in [0.5, 0.6) is 0 Å². The molecular formula is C11H20N2O2. The molecule has 0 aromatic rings. The van der Waals surface area contributed by atoms with Crippen LogP contribution in [0, 0.1) is 0 Å². The lowest BCUT2D eigenvalue weighted by Crippen LogP contribution is -2.39. The van der Waals surface area contributed by atoms with Crippen LogP contribution < -0.4 is 5.32 Å². The lowest BCUT2D eigenvalue weighted by molar-refractivity contribution is -0.131. The number of carbonyl (C=O) groups is 1. The summed E-state index contributed by atoms with van der Waals surface area (Å²) in [6.45, 7) is 5.20. The minimum Gasteiger partial charge on any atom is -0.373 e. The predicted molar refractivity (Wildman–Crippen MR) is 57.6 cm³/mol. The molecule has 15 heavy (non-hydrogen) atoms. The summed E-state index contributed by atoms with van der Waals surface area (Å²) < 4.78 is 5.74. The van der Waals surface area contributed by atoms with E-state index in [9.17, 15) is 4.79 Å². The highest BCUT2D eigenvalue weighted by Crippen LogP contribution is 2.20. The van der Waals surface area contributed by atoms with Crippen molar-refractivity contribution in [3.8, 4) is 0 Å². The van der Waals surface area contributed by atoms with E-state index >= 15 is 0 Å². The van der Waals surface area contributed by atoms with Gasteiger partial charge in [-0.3, -0.25) is 4.79 Å². The summed E-state index contributed by atoms with van der Waals surface area (Å²) in [7, 11) is 0. The molecule has 0 saturated carbocycles. The van der Waals surface area contributed by atoms with Crippen LogP contribution in [0.2, 0.25) is 0 Å². The van der Waals surface area contributed by atoms with Crippen LogP contribution in [0.4, 0.5) is 0 Å². The molecule has 4 heteroatoms. The van der Waals surface area contributed by atoms with Gasteiger partial charge in [-0.05, 0) is 32.7 Å². The van der Waals surface area contributed by atoms with Crippen molar-refractivity contribution in [1.29, 1.82) is 0 Å². The molecular weight excluding hydrogens is 192 g/mol. The zero-order valence-electron chi connectivity index (χ0n) is 9.37. The van der Waals surface area contributed by atoms with Gasteiger partial charge in [0.25, 0.3) is 0 Å². The van der Waals surface area contributed by atoms with Crippen molar-refractivity contribution < 1.29 is 9.53 Å². The van der Waals surface area contributed by atoms with Crippen molar-refractivity contribution in [2.24, 2.45) is 0 Å². The molecule has 1 N–H and O–H groups in total. The highest BCUT2D eigenvalue weighted by atomic mass is 16.5. The summed E-state index contributed by atoms with van der Waals surface area (Å²) in [6.07, 6.45) is 3.91. The maximum atomic E-state index is 11.7. The monoisotopic (exact) mass is 212 g/mol. The largest absolute Gasteiger partial charge is 0.373 e. The molecule has 1 amide bonds. The molecule has 0 bridgehead atoms. The van der Waals surface area contributed by atoms with Crippen LogP contribution in [0.3, 0.4) is 0 Å². The molecule has 0 aromatic heterocycles. The predicted octanol–water partition coefficient (Wildman–Crippen LogP) is 0.376. The van der Waals surface area contributed by atoms with Gasteiger partial charge >= 0.3 is 0 Å². The van der Waals surface area contributed by atoms with E-state index in [4.69, 9.17) is 4.74 Å². The fourth-order valence-corrected chi connectivity index (χ4v) is 2.29. The number of nitrogens with zero attached hydrogens (tertiary/aromatic N) is 1. The van der Waals surface area contributed by atoms with Gasteiger partial charge in [-0.2, -0.15) is 0 Å². The van der Waals surface area contributed by atoms with E-state index in [1.54, 1.807) is 0 Å². The van der Waals surface area contributed by atoms with E-state index < -0.39 is 0 Å². The molecule has 2 unspecified atom stereocenters. The minimum atomic E-state index is 0.218. The lowest BCUT2D eigenvalue weighted by atomic mass is 10.2. The first-order valence-electron chi connectivity index (χ1n) is 5.89. The van der Waals surface area contributed by atoms with Gasteiger partial charge in [-0.1, -0.05) is 0 Å². The summed E-state index contributed by atoms with van der Waals surface area (Å²) >= 11 is 0. The lowest BCUT2D eigenvalue weighted by Gasteiger charge is -2.23. The van der Waals surface area contributed by atoms with Gasteiger partial charge in [0, 0.05) is 13.1 Å². The van der Waals surface area contributed by atoms with Crippen LogP contribution in [0.25, 0.3) is 0 Å². The quantitative estimate of drug-likeness (QED) is 0.719. The number of hydrogen-bond donors (Lipinski definition) is 1. The van der Waals surface area contributed by atoms with Crippen LogP contribution in [-0.2, 0) is 9.53 Å². The third-order valence-electron chi connectivity index (χ3n) is 3.15. The third kappa shape index (κ3) is 2.92. The second-order valence-corrected chi connectivity index (χ2v) is 4.52. The number of carbonyl (C=O) groups excluding carboxylic acids is 1. The Morgan fingerprint density at radius 3 is 3.13 bits per heavy atom. The highest BCUT2D eigenvalue weighted by Gasteiger charge is 2.26. The number of ether oxygens (including phenoxy) is 1. The SMILES string of the molecule is CC1CCC(CN2CCCNCC2=O)O1. The van der Waals surface area contributed by atoms with Crippen molar-refractivity contribution in [3.63, 3.8) is 0 Å². The van der Waals surface area contributed by atoms with Crippen molar-refractivity contribution >= 4 is 5.91 Å². The maximum absolute atomic E-state index is 11.7. The summed E-state index contributed by atoms with van der Waals surface area (Å²) in [6, 6.07) is 0. The van der Waals surface area contributed by atoms with Gasteiger partial charge in [0.15, 0.2) is 0 Å². The van der Waals surface area contributed by atoms with E-state index in [0.29, 0.717) is 12.6 Å². The fraction of sp³-hybridized carbons (Fsp3) is 0.909. The zero-order valence-corrected chi connectivity index (χ0v) is 9.37. The Bertz CT molecular complexity index is 233. The Morgan fingerprint density at radius 1 is 1.53 bits per heavy atom. The highest BCUT2D eigenvalue weighted by molar-refractivity contribution is 5.78. The first kappa shape index (κ1) is 10.9. The second kappa shape index (κ2) is 4.94. The summed E-state index contributed by atoms with van der Waals surface area (Å²) in [5.74, 6) is 0.218. The molecule has 2 saturated heterocycles. The first-order chi connectivity index (χ1) is 7.25. The van der Waals surface area contributed by atoms with Gasteiger partial charge in [0.05, 0.1) is 18.8 Å². The van der Waals surface area contributed by atoms with E-state index in [-0.39, 0.29) is 12.0 Å². The van der Waals surface area contributed by atoms with E-state index in [1.807, 2.05) is 4.90 Å². The Hall–Kier alpha value is -0.610. The van der Waals surface area contributed by atoms with Gasteiger partial charge in [0.1, 0.15) is 0 Å². The number of hydrogen-bond acceptors (Lipinski definition) is 3. The molecule has 2 aliphatic heterocycles. The Labute approximate surface area is 91.0 Å². The molecule has 2 atom stereocenters. The molecule has 4 nitrogen and oxygen atoms in total. The van der Waals surface area contributed by atoms with Crippen molar-refractivity contribution in [2.75, 3.05) is 26.2 Å². The van der Waals surface area contributed by atoms with Crippen LogP contribution >= 0.6 is 0 Å². The van der Waals surface area contributed by atoms with Crippen LogP contribution in [-0.4, -0.2) is 49.2 Å². The number of amides is 1. The van der Waals surface area contributed by atoms with E-state index in [2.05, 4.69) is 12.2 Å². The molecule has 0 aromatic carbocycles. The molecule has 0 radical (unpaired) electrons. The maximum Gasteiger partial charge on any atom is 0.236 e. The Kier molecular flexibility index (Phi) is 3.59. The van der Waals surface area contributed by atoms with Gasteiger partial charge in [-0.15, -0.1) is 0 Å². The molecule has 86 valence electrons. The molecule has 2 aliphatic rings. The summed E-state index contributed by atoms with van der Waals surface area (Å²) in [5.41, 5.74) is 0. The van der Waals surface area contributed by atoms with Gasteiger partial charge in [-0.25, -0.2) is 0 Å². The van der Waals surface area contributed by atoms with E-state index in [0.717, 1.165) is 38.9 Å². The second-order valence-electron chi connectivity index (χ2n) is 4.52. The Balaban J connectivity index is 1.83. The average Bonchev–Trinajstić information content (AvgIpc) is 2.50. The molecule has 2 heterocycles. The summed E-state index contributed by atoms with van der Waals surface area (Å²) in [4.78, 5) is 13.6. The normalized spacial score (nSPS) is 33.1. The molecule has 2 fully saturated rings. The standard InChI is InChI=1S/C11H20N2O2/c1-9-3-4-10(15-9)8-13-6-2-5-12-7-11(13)14/h9-10,12H,2-8H2,1H3. The topological polar surface area (TPSA) is 41.6 Å².